The van der Waals surface area contributed by atoms with Crippen LogP contribution in [0, 0.1) is 0 Å². The van der Waals surface area contributed by atoms with Crippen LogP contribution in [0.25, 0.3) is 0 Å². The van der Waals surface area contributed by atoms with Crippen molar-refractivity contribution in [3.05, 3.63) is 95.2 Å². The number of fused-ring (bicyclic) bond motifs is 1. The number of para-hydroxylation sites is 3. The molecule has 0 bridgehead atoms. The molecule has 202 valence electrons. The first kappa shape index (κ1) is 26.3. The van der Waals surface area contributed by atoms with E-state index in [4.69, 9.17) is 9.47 Å². The van der Waals surface area contributed by atoms with E-state index in [-0.39, 0.29) is 36.0 Å². The van der Waals surface area contributed by atoms with Crippen LogP contribution in [0.4, 0.5) is 24.5 Å². The summed E-state index contributed by atoms with van der Waals surface area (Å²) >= 11 is 0. The molecule has 6 nitrogen and oxygen atoms in total. The summed E-state index contributed by atoms with van der Waals surface area (Å²) in [7, 11) is 1.57. The Bertz CT molecular complexity index is 1430. The van der Waals surface area contributed by atoms with Gasteiger partial charge in [-0.15, -0.1) is 0 Å². The maximum atomic E-state index is 14.1. The van der Waals surface area contributed by atoms with Crippen LogP contribution in [0.5, 0.6) is 11.5 Å². The van der Waals surface area contributed by atoms with E-state index in [1.165, 1.54) is 6.07 Å². The number of benzene rings is 3. The van der Waals surface area contributed by atoms with E-state index < -0.39 is 18.1 Å². The molecule has 0 aromatic heterocycles. The van der Waals surface area contributed by atoms with Crippen molar-refractivity contribution in [1.82, 2.24) is 0 Å². The molecule has 2 aliphatic rings. The lowest BCUT2D eigenvalue weighted by Crippen LogP contribution is -2.45. The van der Waals surface area contributed by atoms with Gasteiger partial charge in [-0.25, -0.2) is 0 Å². The number of alkyl halides is 3. The Kier molecular flexibility index (Phi) is 7.08. The zero-order chi connectivity index (χ0) is 27.7. The molecule has 9 heteroatoms. The zero-order valence-corrected chi connectivity index (χ0v) is 21.4. The highest BCUT2D eigenvalue weighted by atomic mass is 19.4. The summed E-state index contributed by atoms with van der Waals surface area (Å²) in [5, 5.41) is 3.23. The maximum absolute atomic E-state index is 14.1. The Morgan fingerprint density at radius 1 is 1.00 bits per heavy atom. The summed E-state index contributed by atoms with van der Waals surface area (Å²) in [6.45, 7) is 2.01. The molecule has 0 fully saturated rings. The van der Waals surface area contributed by atoms with Crippen LogP contribution in [0.1, 0.15) is 42.9 Å². The molecular weight excluding hydrogens is 509 g/mol. The smallest absolute Gasteiger partial charge is 0.471 e. The van der Waals surface area contributed by atoms with E-state index >= 15 is 0 Å². The topological polar surface area (TPSA) is 67.9 Å². The molecule has 0 saturated carbocycles. The van der Waals surface area contributed by atoms with Crippen LogP contribution in [-0.2, 0) is 9.59 Å². The van der Waals surface area contributed by atoms with E-state index in [1.54, 1.807) is 56.5 Å². The number of nitrogens with zero attached hydrogens (tertiary/aromatic N) is 1. The van der Waals surface area contributed by atoms with Gasteiger partial charge < -0.3 is 14.8 Å². The highest BCUT2D eigenvalue weighted by Gasteiger charge is 2.50. The molecule has 1 N–H and O–H groups in total. The summed E-state index contributed by atoms with van der Waals surface area (Å²) in [4.78, 5) is 27.7. The van der Waals surface area contributed by atoms with Gasteiger partial charge >= 0.3 is 12.1 Å². The number of rotatable bonds is 5. The minimum atomic E-state index is -5.18. The molecular formula is C30H27F3N2O4. The molecule has 5 rings (SSSR count). The third kappa shape index (κ3) is 4.96. The molecule has 1 aliphatic heterocycles. The number of carbonyl (C=O) groups is 2. The molecule has 39 heavy (non-hydrogen) atoms. The standard InChI is InChI=1S/C30H27F3N2O4/c1-3-39-26-11-7-4-8-21(26)28-27-23(16-19(17-25(27)36)18-12-14-20(38-2)15-13-18)34-22-9-5-6-10-24(22)35(28)29(37)30(31,32)33/h4-15,19,28,34H,3,16-17H2,1-2H3/t19-,28+/m1/s1. The van der Waals surface area contributed by atoms with Crippen molar-refractivity contribution < 1.29 is 32.2 Å². The van der Waals surface area contributed by atoms with Gasteiger partial charge in [0.15, 0.2) is 5.78 Å². The molecule has 3 aromatic carbocycles. The maximum Gasteiger partial charge on any atom is 0.471 e. The first-order valence-corrected chi connectivity index (χ1v) is 12.6. The third-order valence-corrected chi connectivity index (χ3v) is 7.05. The second kappa shape index (κ2) is 10.5. The SMILES string of the molecule is CCOc1ccccc1[C@H]1C2=C(C[C@@H](c3ccc(OC)cc3)CC2=O)Nc2ccccc2N1C(=O)C(F)(F)F. The molecule has 0 radical (unpaired) electrons. The van der Waals surface area contributed by atoms with E-state index in [1.807, 2.05) is 24.3 Å². The predicted molar refractivity (Wildman–Crippen MR) is 141 cm³/mol. The van der Waals surface area contributed by atoms with Crippen LogP contribution >= 0.6 is 0 Å². The summed E-state index contributed by atoms with van der Waals surface area (Å²) in [6.07, 6.45) is -4.74. The van der Waals surface area contributed by atoms with Crippen LogP contribution in [0.2, 0.25) is 0 Å². The van der Waals surface area contributed by atoms with Crippen molar-refractivity contribution >= 4 is 23.1 Å². The number of nitrogens with one attached hydrogen (secondary N) is 1. The number of Topliss-reactive ketones (excluding diaryl/α,β-unsaturated/α-hetero) is 1. The number of amides is 1. The molecule has 1 aliphatic carbocycles. The Balaban J connectivity index is 1.73. The Labute approximate surface area is 224 Å². The fraction of sp³-hybridized carbons (Fsp3) is 0.267. The van der Waals surface area contributed by atoms with Gasteiger partial charge in [-0.2, -0.15) is 13.2 Å². The molecule has 1 heterocycles. The van der Waals surface area contributed by atoms with Crippen molar-refractivity contribution in [2.75, 3.05) is 23.9 Å². The summed E-state index contributed by atoms with van der Waals surface area (Å²) in [5.41, 5.74) is 2.15. The van der Waals surface area contributed by atoms with Crippen molar-refractivity contribution in [3.63, 3.8) is 0 Å². The van der Waals surface area contributed by atoms with Gasteiger partial charge in [0.2, 0.25) is 0 Å². The number of carbonyl (C=O) groups excluding carboxylic acids is 2. The van der Waals surface area contributed by atoms with Crippen molar-refractivity contribution in [1.29, 1.82) is 0 Å². The first-order valence-electron chi connectivity index (χ1n) is 12.6. The van der Waals surface area contributed by atoms with Crippen LogP contribution < -0.4 is 19.7 Å². The summed E-state index contributed by atoms with van der Waals surface area (Å²) in [6, 6.07) is 18.9. The Morgan fingerprint density at radius 3 is 2.38 bits per heavy atom. The molecule has 1 amide bonds. The number of anilines is 2. The highest BCUT2D eigenvalue weighted by molar-refractivity contribution is 6.08. The minimum absolute atomic E-state index is 0.0272. The van der Waals surface area contributed by atoms with E-state index in [2.05, 4.69) is 5.32 Å². The average Bonchev–Trinajstić information content (AvgIpc) is 3.07. The van der Waals surface area contributed by atoms with Gasteiger partial charge in [-0.1, -0.05) is 42.5 Å². The number of ether oxygens (including phenoxy) is 2. The lowest BCUT2D eigenvalue weighted by atomic mass is 9.78. The third-order valence-electron chi connectivity index (χ3n) is 7.05. The second-order valence-electron chi connectivity index (χ2n) is 9.38. The van der Waals surface area contributed by atoms with E-state index in [0.717, 1.165) is 5.56 Å². The minimum Gasteiger partial charge on any atom is -0.497 e. The number of halogens is 3. The number of hydrogen-bond donors (Lipinski definition) is 1. The van der Waals surface area contributed by atoms with Crippen LogP contribution in [0.15, 0.2) is 84.1 Å². The Morgan fingerprint density at radius 2 is 1.69 bits per heavy atom. The summed E-state index contributed by atoms with van der Waals surface area (Å²) in [5.74, 6) is -1.63. The van der Waals surface area contributed by atoms with Gasteiger partial charge in [0.1, 0.15) is 11.5 Å². The normalized spacial score (nSPS) is 19.0. The first-order chi connectivity index (χ1) is 18.7. The molecule has 0 saturated heterocycles. The van der Waals surface area contributed by atoms with Crippen LogP contribution in [0.3, 0.4) is 0 Å². The predicted octanol–water partition coefficient (Wildman–Crippen LogP) is 6.56. The fourth-order valence-electron chi connectivity index (χ4n) is 5.35. The fourth-order valence-corrected chi connectivity index (χ4v) is 5.35. The van der Waals surface area contributed by atoms with Gasteiger partial charge in [0.25, 0.3) is 0 Å². The van der Waals surface area contributed by atoms with Crippen LogP contribution in [-0.4, -0.2) is 31.6 Å². The van der Waals surface area contributed by atoms with Gasteiger partial charge in [-0.3, -0.25) is 14.5 Å². The zero-order valence-electron chi connectivity index (χ0n) is 21.4. The number of ketones is 1. The highest BCUT2D eigenvalue weighted by Crippen LogP contribution is 2.50. The number of allylic oxidation sites excluding steroid dienone is 1. The number of hydrogen-bond acceptors (Lipinski definition) is 5. The largest absolute Gasteiger partial charge is 0.497 e. The molecule has 3 aromatic rings. The molecule has 0 spiro atoms. The molecule has 0 unspecified atom stereocenters. The monoisotopic (exact) mass is 536 g/mol. The van der Waals surface area contributed by atoms with Crippen molar-refractivity contribution in [2.24, 2.45) is 0 Å². The number of methoxy groups -OCH3 is 1. The van der Waals surface area contributed by atoms with Crippen molar-refractivity contribution in [3.8, 4) is 11.5 Å². The Hall–Kier alpha value is -4.27. The lowest BCUT2D eigenvalue weighted by Gasteiger charge is -2.36. The van der Waals surface area contributed by atoms with Crippen molar-refractivity contribution in [2.45, 2.75) is 37.9 Å². The van der Waals surface area contributed by atoms with E-state index in [9.17, 15) is 22.8 Å². The summed E-state index contributed by atoms with van der Waals surface area (Å²) < 4.78 is 53.4. The molecule has 2 atom stereocenters. The average molecular weight is 537 g/mol. The lowest BCUT2D eigenvalue weighted by molar-refractivity contribution is -0.170. The van der Waals surface area contributed by atoms with Gasteiger partial charge in [0.05, 0.1) is 31.1 Å². The quantitative estimate of drug-likeness (QED) is 0.400. The van der Waals surface area contributed by atoms with E-state index in [0.29, 0.717) is 39.8 Å². The second-order valence-corrected chi connectivity index (χ2v) is 9.38. The van der Waals surface area contributed by atoms with Gasteiger partial charge in [-0.05, 0) is 55.2 Å². The van der Waals surface area contributed by atoms with Gasteiger partial charge in [0, 0.05) is 23.3 Å².